The van der Waals surface area contributed by atoms with E-state index < -0.39 is 29.4 Å². The normalized spacial score (nSPS) is 15.2. The third-order valence-electron chi connectivity index (χ3n) is 3.82. The largest absolute Gasteiger partial charge is 0.494 e. The molecule has 0 unspecified atom stereocenters. The molecule has 2 aromatic carbocycles. The highest BCUT2D eigenvalue weighted by Crippen LogP contribution is 2.32. The molecule has 1 heterocycles. The minimum atomic E-state index is -0.625. The van der Waals surface area contributed by atoms with Crippen LogP contribution in [0.15, 0.2) is 53.4 Å². The lowest BCUT2D eigenvalue weighted by Gasteiger charge is -2.12. The highest BCUT2D eigenvalue weighted by atomic mass is 32.2. The van der Waals surface area contributed by atoms with Crippen molar-refractivity contribution in [3.63, 3.8) is 0 Å². The molecule has 2 aromatic rings. The van der Waals surface area contributed by atoms with Crippen molar-refractivity contribution in [1.82, 2.24) is 4.90 Å². The van der Waals surface area contributed by atoms with Gasteiger partial charge in [-0.2, -0.15) is 0 Å². The van der Waals surface area contributed by atoms with Crippen molar-refractivity contribution in [3.8, 4) is 5.75 Å². The third kappa shape index (κ3) is 4.58. The van der Waals surface area contributed by atoms with Crippen molar-refractivity contribution >= 4 is 40.6 Å². The van der Waals surface area contributed by atoms with E-state index in [4.69, 9.17) is 4.74 Å². The second kappa shape index (κ2) is 8.71. The Morgan fingerprint density at radius 1 is 1.18 bits per heavy atom. The van der Waals surface area contributed by atoms with Crippen LogP contribution in [-0.4, -0.2) is 35.1 Å². The molecular formula is C20H17FN2O4S. The van der Waals surface area contributed by atoms with E-state index in [9.17, 15) is 18.8 Å². The Labute approximate surface area is 165 Å². The van der Waals surface area contributed by atoms with Gasteiger partial charge in [0.2, 0.25) is 5.91 Å². The number of ether oxygens (including phenoxy) is 1. The van der Waals surface area contributed by atoms with Gasteiger partial charge in [0.05, 0.1) is 11.5 Å². The van der Waals surface area contributed by atoms with Crippen LogP contribution in [0.3, 0.4) is 0 Å². The van der Waals surface area contributed by atoms with E-state index in [2.05, 4.69) is 5.32 Å². The number of carbonyl (C=O) groups excluding carboxylic acids is 3. The Morgan fingerprint density at radius 2 is 1.89 bits per heavy atom. The van der Waals surface area contributed by atoms with Gasteiger partial charge in [-0.1, -0.05) is 18.2 Å². The second-order valence-corrected chi connectivity index (χ2v) is 6.79. The number of anilines is 1. The summed E-state index contributed by atoms with van der Waals surface area (Å²) in [5.41, 5.74) is 0.717. The van der Waals surface area contributed by atoms with Gasteiger partial charge in [0.1, 0.15) is 18.1 Å². The fraction of sp³-hybridized carbons (Fsp3) is 0.150. The average Bonchev–Trinajstić information content (AvgIpc) is 2.93. The monoisotopic (exact) mass is 400 g/mol. The summed E-state index contributed by atoms with van der Waals surface area (Å²) in [6, 6.07) is 12.7. The zero-order chi connectivity index (χ0) is 20.1. The van der Waals surface area contributed by atoms with Crippen molar-refractivity contribution in [2.24, 2.45) is 0 Å². The number of hydrogen-bond acceptors (Lipinski definition) is 5. The van der Waals surface area contributed by atoms with E-state index in [0.29, 0.717) is 29.8 Å². The van der Waals surface area contributed by atoms with Gasteiger partial charge in [-0.3, -0.25) is 19.3 Å². The van der Waals surface area contributed by atoms with E-state index in [0.717, 1.165) is 4.90 Å². The van der Waals surface area contributed by atoms with Crippen LogP contribution in [0.1, 0.15) is 12.5 Å². The summed E-state index contributed by atoms with van der Waals surface area (Å²) >= 11 is 0.676. The van der Waals surface area contributed by atoms with Gasteiger partial charge in [-0.15, -0.1) is 0 Å². The summed E-state index contributed by atoms with van der Waals surface area (Å²) in [6.07, 6.45) is 1.31. The van der Waals surface area contributed by atoms with Crippen molar-refractivity contribution in [1.29, 1.82) is 0 Å². The number of amides is 3. The maximum atomic E-state index is 13.8. The molecule has 8 heteroatoms. The molecule has 0 radical (unpaired) electrons. The number of imide groups is 1. The minimum Gasteiger partial charge on any atom is -0.494 e. The maximum Gasteiger partial charge on any atom is 0.294 e. The van der Waals surface area contributed by atoms with Crippen LogP contribution >= 0.6 is 11.8 Å². The molecule has 144 valence electrons. The van der Waals surface area contributed by atoms with Gasteiger partial charge in [0, 0.05) is 11.3 Å². The Hall–Kier alpha value is -3.13. The van der Waals surface area contributed by atoms with Crippen LogP contribution in [0.4, 0.5) is 14.9 Å². The van der Waals surface area contributed by atoms with Crippen LogP contribution in [0.5, 0.6) is 5.75 Å². The molecule has 1 aliphatic rings. The van der Waals surface area contributed by atoms with E-state index in [1.807, 2.05) is 6.92 Å². The van der Waals surface area contributed by atoms with Crippen molar-refractivity contribution in [2.75, 3.05) is 18.5 Å². The van der Waals surface area contributed by atoms with Gasteiger partial charge in [0.25, 0.3) is 11.1 Å². The minimum absolute atomic E-state index is 0.0731. The first-order valence-electron chi connectivity index (χ1n) is 8.50. The highest BCUT2D eigenvalue weighted by Gasteiger charge is 2.36. The molecule has 6 nitrogen and oxygen atoms in total. The lowest BCUT2D eigenvalue weighted by Crippen LogP contribution is -2.36. The van der Waals surface area contributed by atoms with E-state index in [1.54, 1.807) is 30.3 Å². The number of rotatable bonds is 6. The number of hydrogen-bond donors (Lipinski definition) is 1. The molecule has 3 rings (SSSR count). The zero-order valence-electron chi connectivity index (χ0n) is 15.0. The van der Waals surface area contributed by atoms with Crippen LogP contribution < -0.4 is 10.1 Å². The molecule has 3 amide bonds. The molecule has 0 spiro atoms. The number of nitrogens with one attached hydrogen (secondary N) is 1. The standard InChI is InChI=1S/C20H17FN2O4S/c1-2-27-15-9-7-14(8-10-15)22-18(24)12-23-19(25)17(28-20(23)26)11-13-5-3-4-6-16(13)21/h3-11H,2,12H2,1H3,(H,22,24)/b17-11-. The molecule has 0 atom stereocenters. The van der Waals surface area contributed by atoms with Gasteiger partial charge in [-0.05, 0) is 55.1 Å². The Balaban J connectivity index is 1.65. The molecule has 1 N–H and O–H groups in total. The van der Waals surface area contributed by atoms with E-state index in [-0.39, 0.29) is 10.5 Å². The van der Waals surface area contributed by atoms with Crippen LogP contribution in [0.2, 0.25) is 0 Å². The fourth-order valence-corrected chi connectivity index (χ4v) is 3.34. The SMILES string of the molecule is CCOc1ccc(NC(=O)CN2C(=O)S/C(=C\c3ccccc3F)C2=O)cc1. The summed E-state index contributed by atoms with van der Waals surface area (Å²) < 4.78 is 19.1. The van der Waals surface area contributed by atoms with Gasteiger partial charge >= 0.3 is 0 Å². The highest BCUT2D eigenvalue weighted by molar-refractivity contribution is 8.18. The molecule has 0 aromatic heterocycles. The summed E-state index contributed by atoms with van der Waals surface area (Å²) in [5, 5.41) is 2.05. The third-order valence-corrected chi connectivity index (χ3v) is 4.72. The van der Waals surface area contributed by atoms with Crippen LogP contribution in [-0.2, 0) is 9.59 Å². The Morgan fingerprint density at radius 3 is 2.57 bits per heavy atom. The number of halogens is 1. The Kier molecular flexibility index (Phi) is 6.10. The molecule has 0 aliphatic carbocycles. The molecule has 28 heavy (non-hydrogen) atoms. The van der Waals surface area contributed by atoms with Gasteiger partial charge in [-0.25, -0.2) is 4.39 Å². The van der Waals surface area contributed by atoms with E-state index >= 15 is 0 Å². The summed E-state index contributed by atoms with van der Waals surface area (Å²) in [5.74, 6) is -0.967. The average molecular weight is 400 g/mol. The van der Waals surface area contributed by atoms with Crippen molar-refractivity contribution < 1.29 is 23.5 Å². The fourth-order valence-electron chi connectivity index (χ4n) is 2.51. The molecule has 0 bridgehead atoms. The lowest BCUT2D eigenvalue weighted by atomic mass is 10.2. The van der Waals surface area contributed by atoms with Crippen LogP contribution in [0.25, 0.3) is 6.08 Å². The summed E-state index contributed by atoms with van der Waals surface area (Å²) in [6.45, 7) is 1.98. The first-order chi connectivity index (χ1) is 13.5. The summed E-state index contributed by atoms with van der Waals surface area (Å²) in [4.78, 5) is 37.7. The summed E-state index contributed by atoms with van der Waals surface area (Å²) in [7, 11) is 0. The molecule has 1 fully saturated rings. The maximum absolute atomic E-state index is 13.8. The zero-order valence-corrected chi connectivity index (χ0v) is 15.8. The van der Waals surface area contributed by atoms with Gasteiger partial charge < -0.3 is 10.1 Å². The number of thioether (sulfide) groups is 1. The predicted octanol–water partition coefficient (Wildman–Crippen LogP) is 3.90. The smallest absolute Gasteiger partial charge is 0.294 e. The number of benzene rings is 2. The number of carbonyl (C=O) groups is 3. The van der Waals surface area contributed by atoms with Crippen molar-refractivity contribution in [3.05, 3.63) is 64.8 Å². The predicted molar refractivity (Wildman–Crippen MR) is 105 cm³/mol. The molecule has 1 aliphatic heterocycles. The quantitative estimate of drug-likeness (QED) is 0.745. The number of nitrogens with zero attached hydrogens (tertiary/aromatic N) is 1. The van der Waals surface area contributed by atoms with Gasteiger partial charge in [0.15, 0.2) is 0 Å². The molecular weight excluding hydrogens is 383 g/mol. The second-order valence-electron chi connectivity index (χ2n) is 5.79. The topological polar surface area (TPSA) is 75.7 Å². The lowest BCUT2D eigenvalue weighted by molar-refractivity contribution is -0.127. The van der Waals surface area contributed by atoms with E-state index in [1.165, 1.54) is 24.3 Å². The first-order valence-corrected chi connectivity index (χ1v) is 9.32. The van der Waals surface area contributed by atoms with Crippen molar-refractivity contribution in [2.45, 2.75) is 6.92 Å². The van der Waals surface area contributed by atoms with Crippen LogP contribution in [0, 0.1) is 5.82 Å². The Bertz CT molecular complexity index is 943. The first kappa shape index (κ1) is 19.6. The molecule has 1 saturated heterocycles. The molecule has 0 saturated carbocycles.